The fourth-order valence-corrected chi connectivity index (χ4v) is 1.17. The Morgan fingerprint density at radius 2 is 2.67 bits per heavy atom. The van der Waals surface area contributed by atoms with Gasteiger partial charge in [-0.2, -0.15) is 3.77 Å². The average Bonchev–Trinajstić information content (AvgIpc) is 1.86. The lowest BCUT2D eigenvalue weighted by molar-refractivity contribution is -0.105. The maximum atomic E-state index is 10.0. The summed E-state index contributed by atoms with van der Waals surface area (Å²) in [5, 5.41) is 1.52. The van der Waals surface area contributed by atoms with Gasteiger partial charge >= 0.3 is 0 Å². The normalized spacial score (nSPS) is 18.3. The van der Waals surface area contributed by atoms with Crippen molar-refractivity contribution in [2.24, 2.45) is 3.77 Å². The molecule has 0 fully saturated rings. The zero-order chi connectivity index (χ0) is 4.41. The standard InChI is InChI=1S/C2HNOS2/c4-2-1-5-3-6-2/h1H. The molecule has 0 aliphatic carbocycles. The number of rotatable bonds is 0. The van der Waals surface area contributed by atoms with Crippen molar-refractivity contribution in [1.82, 2.24) is 0 Å². The molecular formula is C2HNOS2. The Morgan fingerprint density at radius 1 is 1.83 bits per heavy atom. The fourth-order valence-electron chi connectivity index (χ4n) is 0.144. The number of nitrogens with zero attached hydrogens (tertiary/aromatic N) is 1. The molecule has 0 bridgehead atoms. The summed E-state index contributed by atoms with van der Waals surface area (Å²) in [6.07, 6.45) is 0. The topological polar surface area (TPSA) is 29.4 Å². The Bertz CT molecular complexity index is 134. The predicted molar refractivity (Wildman–Crippen MR) is 28.5 cm³/mol. The van der Waals surface area contributed by atoms with Crippen LogP contribution in [0, 0.1) is 0 Å². The molecule has 0 spiro atoms. The van der Waals surface area contributed by atoms with Gasteiger partial charge in [0.15, 0.2) is 0 Å². The van der Waals surface area contributed by atoms with Crippen molar-refractivity contribution in [3.8, 4) is 0 Å². The predicted octanol–water partition coefficient (Wildman–Crippen LogP) is 0.243. The second-order valence-corrected chi connectivity index (χ2v) is 2.34. The SMILES string of the molecule is O=C1C=S=NS1. The van der Waals surface area contributed by atoms with Crippen molar-refractivity contribution in [3.05, 3.63) is 0 Å². The van der Waals surface area contributed by atoms with E-state index in [0.717, 1.165) is 11.9 Å². The highest BCUT2D eigenvalue weighted by Crippen LogP contribution is 2.03. The number of hydrogen-bond donors (Lipinski definition) is 0. The molecule has 0 aromatic rings. The quantitative estimate of drug-likeness (QED) is 0.338. The van der Waals surface area contributed by atoms with E-state index in [1.807, 2.05) is 0 Å². The van der Waals surface area contributed by atoms with E-state index in [4.69, 9.17) is 0 Å². The molecule has 0 aromatic carbocycles. The van der Waals surface area contributed by atoms with E-state index in [0.29, 0.717) is 0 Å². The summed E-state index contributed by atoms with van der Waals surface area (Å²) in [7, 11) is 0. The summed E-state index contributed by atoms with van der Waals surface area (Å²) in [5.41, 5.74) is 0. The van der Waals surface area contributed by atoms with Crippen LogP contribution in [0.15, 0.2) is 3.77 Å². The fraction of sp³-hybridized carbons (Fsp3) is 0. The average molecular weight is 119 g/mol. The van der Waals surface area contributed by atoms with E-state index in [2.05, 4.69) is 3.77 Å². The smallest absolute Gasteiger partial charge is 0.246 e. The van der Waals surface area contributed by atoms with E-state index in [1.54, 1.807) is 0 Å². The van der Waals surface area contributed by atoms with Crippen LogP contribution in [0.3, 0.4) is 0 Å². The monoisotopic (exact) mass is 119 g/mol. The molecule has 0 atom stereocenters. The highest BCUT2D eigenvalue weighted by Gasteiger charge is 1.96. The second-order valence-electron chi connectivity index (χ2n) is 0.708. The summed E-state index contributed by atoms with van der Waals surface area (Å²) >= 11 is 2.19. The summed E-state index contributed by atoms with van der Waals surface area (Å²) < 4.78 is 3.59. The Kier molecular flexibility index (Phi) is 1.07. The summed E-state index contributed by atoms with van der Waals surface area (Å²) in [6.45, 7) is 0. The molecule has 1 rings (SSSR count). The zero-order valence-electron chi connectivity index (χ0n) is 2.75. The first kappa shape index (κ1) is 4.08. The minimum atomic E-state index is 0.0417. The lowest BCUT2D eigenvalue weighted by atomic mass is 10.9. The third-order valence-electron chi connectivity index (χ3n) is 0.319. The van der Waals surface area contributed by atoms with Crippen molar-refractivity contribution in [2.75, 3.05) is 0 Å². The van der Waals surface area contributed by atoms with Gasteiger partial charge in [0, 0.05) is 0 Å². The molecule has 1 heterocycles. The lowest BCUT2D eigenvalue weighted by Gasteiger charge is -1.65. The molecule has 4 heteroatoms. The van der Waals surface area contributed by atoms with Crippen molar-refractivity contribution < 1.29 is 4.79 Å². The van der Waals surface area contributed by atoms with Crippen LogP contribution in [0.25, 0.3) is 0 Å². The largest absolute Gasteiger partial charge is 0.279 e. The van der Waals surface area contributed by atoms with Crippen molar-refractivity contribution in [2.45, 2.75) is 0 Å². The molecule has 0 saturated carbocycles. The van der Waals surface area contributed by atoms with Gasteiger partial charge in [-0.25, -0.2) is 0 Å². The molecule has 0 radical (unpaired) electrons. The molecule has 0 saturated heterocycles. The van der Waals surface area contributed by atoms with Gasteiger partial charge in [-0.1, -0.05) is 0 Å². The van der Waals surface area contributed by atoms with Gasteiger partial charge < -0.3 is 0 Å². The van der Waals surface area contributed by atoms with E-state index in [9.17, 15) is 4.79 Å². The van der Waals surface area contributed by atoms with Crippen LogP contribution in [-0.2, 0) is 15.9 Å². The zero-order valence-corrected chi connectivity index (χ0v) is 4.38. The molecule has 0 amide bonds. The minimum Gasteiger partial charge on any atom is -0.279 e. The van der Waals surface area contributed by atoms with E-state index < -0.39 is 0 Å². The van der Waals surface area contributed by atoms with E-state index in [-0.39, 0.29) is 5.12 Å². The van der Waals surface area contributed by atoms with Gasteiger partial charge in [-0.3, -0.25) is 4.79 Å². The molecular weight excluding hydrogens is 118 g/mol. The number of hydrogen-bond acceptors (Lipinski definition) is 3. The third kappa shape index (κ3) is 0.693. The Labute approximate surface area is 42.8 Å². The van der Waals surface area contributed by atoms with Crippen LogP contribution < -0.4 is 0 Å². The first-order valence-electron chi connectivity index (χ1n) is 1.30. The third-order valence-corrected chi connectivity index (χ3v) is 1.73. The van der Waals surface area contributed by atoms with Crippen LogP contribution in [0.1, 0.15) is 0 Å². The lowest BCUT2D eigenvalue weighted by Crippen LogP contribution is -1.81. The maximum absolute atomic E-state index is 10.0. The van der Waals surface area contributed by atoms with Gasteiger partial charge in [0.05, 0.1) is 17.3 Å². The highest BCUT2D eigenvalue weighted by molar-refractivity contribution is 8.19. The van der Waals surface area contributed by atoms with Crippen LogP contribution in [0.5, 0.6) is 0 Å². The van der Waals surface area contributed by atoms with Crippen molar-refractivity contribution in [3.63, 3.8) is 0 Å². The van der Waals surface area contributed by atoms with Gasteiger partial charge in [0.1, 0.15) is 0 Å². The number of carbonyl (C=O) groups is 1. The van der Waals surface area contributed by atoms with Crippen molar-refractivity contribution in [1.29, 1.82) is 0 Å². The molecule has 0 aromatic heterocycles. The van der Waals surface area contributed by atoms with Crippen LogP contribution in [0.4, 0.5) is 0 Å². The summed E-state index contributed by atoms with van der Waals surface area (Å²) in [4.78, 5) is 10.0. The summed E-state index contributed by atoms with van der Waals surface area (Å²) in [6, 6.07) is 0. The second kappa shape index (κ2) is 1.57. The van der Waals surface area contributed by atoms with Crippen LogP contribution in [0.2, 0.25) is 0 Å². The molecule has 1 aliphatic rings. The van der Waals surface area contributed by atoms with Crippen LogP contribution in [-0.4, -0.2) is 10.5 Å². The molecule has 2 nitrogen and oxygen atoms in total. The van der Waals surface area contributed by atoms with E-state index in [1.165, 1.54) is 16.5 Å². The van der Waals surface area contributed by atoms with Crippen molar-refractivity contribution >= 4 is 33.6 Å². The Hall–Kier alpha value is -0.0900. The van der Waals surface area contributed by atoms with Crippen LogP contribution >= 0.6 is 11.9 Å². The molecule has 32 valence electrons. The maximum Gasteiger partial charge on any atom is 0.246 e. The highest BCUT2D eigenvalue weighted by atomic mass is 32.2. The van der Waals surface area contributed by atoms with Gasteiger partial charge in [0.2, 0.25) is 5.12 Å². The first-order chi connectivity index (χ1) is 2.89. The molecule has 1 aliphatic heterocycles. The molecule has 0 N–H and O–H groups in total. The number of carbonyl (C=O) groups excluding carboxylic acids is 1. The summed E-state index contributed by atoms with van der Waals surface area (Å²) in [5.74, 6) is 0. The van der Waals surface area contributed by atoms with Gasteiger partial charge in [0.25, 0.3) is 0 Å². The first-order valence-corrected chi connectivity index (χ1v) is 2.91. The molecule has 0 unspecified atom stereocenters. The Morgan fingerprint density at radius 3 is 2.83 bits per heavy atom. The Balaban J connectivity index is 2.79. The molecule has 6 heavy (non-hydrogen) atoms. The van der Waals surface area contributed by atoms with Gasteiger partial charge in [-0.15, -0.1) is 0 Å². The van der Waals surface area contributed by atoms with E-state index >= 15 is 0 Å². The van der Waals surface area contributed by atoms with Gasteiger partial charge in [-0.05, 0) is 11.1 Å². The minimum absolute atomic E-state index is 0.0417.